The molecule has 0 radical (unpaired) electrons. The second kappa shape index (κ2) is 7.01. The fourth-order valence-electron chi connectivity index (χ4n) is 3.64. The van der Waals surface area contributed by atoms with E-state index in [9.17, 15) is 19.8 Å². The van der Waals surface area contributed by atoms with E-state index in [1.54, 1.807) is 12.1 Å². The van der Waals surface area contributed by atoms with Gasteiger partial charge in [-0.2, -0.15) is 0 Å². The average Bonchev–Trinajstić information content (AvgIpc) is 3.05. The minimum atomic E-state index is -1.41. The molecule has 4 atom stereocenters. The Labute approximate surface area is 175 Å². The molecule has 1 fully saturated rings. The number of aliphatic hydroxyl groups is 1. The van der Waals surface area contributed by atoms with Gasteiger partial charge in [0.1, 0.15) is 5.52 Å². The van der Waals surface area contributed by atoms with E-state index < -0.39 is 18.0 Å². The summed E-state index contributed by atoms with van der Waals surface area (Å²) in [6.45, 7) is 3.37. The second-order valence-corrected chi connectivity index (χ2v) is 7.30. The van der Waals surface area contributed by atoms with Crippen LogP contribution in [0.5, 0.6) is 0 Å². The number of para-hydroxylation sites is 2. The Balaban J connectivity index is 0.00000196. The maximum absolute atomic E-state index is 12.3. The van der Waals surface area contributed by atoms with Gasteiger partial charge in [-0.3, -0.25) is 4.79 Å². The number of hydrogen-bond acceptors (Lipinski definition) is 7. The molecule has 7 nitrogen and oxygen atoms in total. The predicted octanol–water partition coefficient (Wildman–Crippen LogP) is -2.26. The van der Waals surface area contributed by atoms with E-state index in [-0.39, 0.29) is 53.1 Å². The summed E-state index contributed by atoms with van der Waals surface area (Å²) in [5, 5.41) is 21.8. The maximum atomic E-state index is 12.3. The van der Waals surface area contributed by atoms with Gasteiger partial charge in [0.2, 0.25) is 5.91 Å². The number of benzene rings is 1. The van der Waals surface area contributed by atoms with E-state index in [0.717, 1.165) is 11.8 Å². The standard InChI is InChI=1S/C17H16N2O5S.Na/c1-7-12-11(8(2)20)15(21)19(12)13(16(22)23)14(7)25-17-18-9-5-3-4-6-10(9)24-17;/h3-8,11-12,20H,1-2H3,(H,22,23);/q;+1/p-1/t7-,8-,11-,12-;/m1./s1. The molecule has 130 valence electrons. The number of aliphatic carboxylic acids is 1. The Hall–Kier alpha value is -1.32. The van der Waals surface area contributed by atoms with Gasteiger partial charge < -0.3 is 24.3 Å². The Morgan fingerprint density at radius 2 is 2.12 bits per heavy atom. The summed E-state index contributed by atoms with van der Waals surface area (Å²) >= 11 is 1.09. The number of aliphatic hydroxyl groups excluding tert-OH is 1. The van der Waals surface area contributed by atoms with Crippen molar-refractivity contribution in [2.24, 2.45) is 11.8 Å². The number of thioether (sulfide) groups is 1. The molecule has 0 aliphatic carbocycles. The topological polar surface area (TPSA) is 107 Å². The molecule has 4 rings (SSSR count). The predicted molar refractivity (Wildman–Crippen MR) is 86.9 cm³/mol. The first-order valence-corrected chi connectivity index (χ1v) is 8.72. The van der Waals surface area contributed by atoms with E-state index in [1.807, 2.05) is 19.1 Å². The number of carboxylic acid groups (broad SMARTS) is 1. The molecule has 2 aromatic rings. The first kappa shape index (κ1) is 19.4. The Bertz CT molecular complexity index is 892. The van der Waals surface area contributed by atoms with E-state index in [2.05, 4.69) is 4.98 Å². The molecule has 0 spiro atoms. The number of amides is 1. The molecular weight excluding hydrogens is 367 g/mol. The summed E-state index contributed by atoms with van der Waals surface area (Å²) in [6, 6.07) is 6.85. The van der Waals surface area contributed by atoms with E-state index in [1.165, 1.54) is 11.8 Å². The van der Waals surface area contributed by atoms with Gasteiger partial charge >= 0.3 is 29.6 Å². The number of rotatable bonds is 4. The summed E-state index contributed by atoms with van der Waals surface area (Å²) in [4.78, 5) is 30.0. The fraction of sp³-hybridized carbons (Fsp3) is 0.353. The Morgan fingerprint density at radius 1 is 1.42 bits per heavy atom. The third-order valence-corrected chi connectivity index (χ3v) is 5.91. The van der Waals surface area contributed by atoms with Gasteiger partial charge in [-0.05, 0) is 30.8 Å². The number of fused-ring (bicyclic) bond motifs is 2. The van der Waals surface area contributed by atoms with Crippen LogP contribution in [-0.4, -0.2) is 39.0 Å². The number of carboxylic acids is 1. The Morgan fingerprint density at radius 3 is 2.73 bits per heavy atom. The molecule has 0 unspecified atom stereocenters. The molecule has 0 saturated carbocycles. The summed E-state index contributed by atoms with van der Waals surface area (Å²) < 4.78 is 5.65. The van der Waals surface area contributed by atoms with Crippen molar-refractivity contribution in [3.63, 3.8) is 0 Å². The molecule has 1 amide bonds. The van der Waals surface area contributed by atoms with Crippen LogP contribution in [0, 0.1) is 11.8 Å². The average molecular weight is 382 g/mol. The van der Waals surface area contributed by atoms with Gasteiger partial charge in [-0.25, -0.2) is 4.98 Å². The fourth-order valence-corrected chi connectivity index (χ4v) is 4.70. The van der Waals surface area contributed by atoms with Crippen LogP contribution in [0.4, 0.5) is 0 Å². The first-order chi connectivity index (χ1) is 11.9. The monoisotopic (exact) mass is 382 g/mol. The van der Waals surface area contributed by atoms with Crippen LogP contribution < -0.4 is 34.7 Å². The van der Waals surface area contributed by atoms with Crippen molar-refractivity contribution >= 4 is 34.7 Å². The smallest absolute Gasteiger partial charge is 0.543 e. The van der Waals surface area contributed by atoms with E-state index in [4.69, 9.17) is 4.42 Å². The summed E-state index contributed by atoms with van der Waals surface area (Å²) in [7, 11) is 0. The van der Waals surface area contributed by atoms with Crippen molar-refractivity contribution < 1.29 is 53.8 Å². The molecule has 0 bridgehead atoms. The van der Waals surface area contributed by atoms with Crippen molar-refractivity contribution in [3.05, 3.63) is 34.9 Å². The molecule has 3 heterocycles. The van der Waals surface area contributed by atoms with Crippen molar-refractivity contribution in [1.29, 1.82) is 0 Å². The SMILES string of the molecule is C[C@@H](O)[C@H]1C(=O)N2C(C(=O)[O-])=C(Sc3nc4ccccc4o3)[C@H](C)[C@H]12.[Na+]. The van der Waals surface area contributed by atoms with Crippen molar-refractivity contribution in [1.82, 2.24) is 9.88 Å². The van der Waals surface area contributed by atoms with Crippen LogP contribution in [0.1, 0.15) is 13.8 Å². The van der Waals surface area contributed by atoms with E-state index in [0.29, 0.717) is 21.2 Å². The zero-order valence-electron chi connectivity index (χ0n) is 14.5. The third-order valence-electron chi connectivity index (χ3n) is 4.77. The molecule has 9 heteroatoms. The number of oxazole rings is 1. The molecule has 2 aliphatic heterocycles. The summed E-state index contributed by atoms with van der Waals surface area (Å²) in [6.07, 6.45) is -0.840. The number of β-lactam (4-membered cyclic amide) rings is 1. The van der Waals surface area contributed by atoms with E-state index >= 15 is 0 Å². The first-order valence-electron chi connectivity index (χ1n) is 7.90. The summed E-state index contributed by atoms with van der Waals surface area (Å²) in [5.41, 5.74) is 1.13. The second-order valence-electron chi connectivity index (χ2n) is 6.30. The minimum Gasteiger partial charge on any atom is -0.543 e. The van der Waals surface area contributed by atoms with Crippen molar-refractivity contribution in [2.75, 3.05) is 0 Å². The van der Waals surface area contributed by atoms with Crippen LogP contribution >= 0.6 is 11.8 Å². The number of hydrogen-bond donors (Lipinski definition) is 1. The van der Waals surface area contributed by atoms with Gasteiger partial charge in [-0.15, -0.1) is 0 Å². The van der Waals surface area contributed by atoms with Crippen LogP contribution in [0.3, 0.4) is 0 Å². The zero-order valence-corrected chi connectivity index (χ0v) is 17.3. The molecule has 1 aromatic carbocycles. The molecule has 1 saturated heterocycles. The Kier molecular flexibility index (Phi) is 5.24. The number of carbonyl (C=O) groups excluding carboxylic acids is 2. The maximum Gasteiger partial charge on any atom is 1.00 e. The van der Waals surface area contributed by atoms with Crippen LogP contribution in [0.15, 0.2) is 44.5 Å². The number of carbonyl (C=O) groups is 2. The third kappa shape index (κ3) is 2.80. The van der Waals surface area contributed by atoms with Gasteiger partial charge in [0.15, 0.2) is 5.58 Å². The molecule has 2 aliphatic rings. The van der Waals surface area contributed by atoms with Crippen molar-refractivity contribution in [3.8, 4) is 0 Å². The summed E-state index contributed by atoms with van der Waals surface area (Å²) in [5.74, 6) is -2.67. The normalized spacial score (nSPS) is 25.7. The molecule has 1 aromatic heterocycles. The van der Waals surface area contributed by atoms with Crippen LogP contribution in [-0.2, 0) is 9.59 Å². The quantitative estimate of drug-likeness (QED) is 0.470. The van der Waals surface area contributed by atoms with Crippen molar-refractivity contribution in [2.45, 2.75) is 31.2 Å². The largest absolute Gasteiger partial charge is 1.00 e. The number of nitrogens with zero attached hydrogens (tertiary/aromatic N) is 2. The van der Waals surface area contributed by atoms with Gasteiger partial charge in [0.05, 0.1) is 29.7 Å². The van der Waals surface area contributed by atoms with Gasteiger partial charge in [-0.1, -0.05) is 19.1 Å². The van der Waals surface area contributed by atoms with Gasteiger partial charge in [0, 0.05) is 10.8 Å². The zero-order chi connectivity index (χ0) is 17.9. The molecule has 26 heavy (non-hydrogen) atoms. The van der Waals surface area contributed by atoms with Gasteiger partial charge in [0.25, 0.3) is 5.22 Å². The minimum absolute atomic E-state index is 0. The molecule has 1 N–H and O–H groups in total. The van der Waals surface area contributed by atoms with Crippen LogP contribution in [0.2, 0.25) is 0 Å². The van der Waals surface area contributed by atoms with Crippen LogP contribution in [0.25, 0.3) is 11.1 Å². The number of aromatic nitrogens is 1. The molecular formula is C17H15N2NaO5S.